The minimum absolute atomic E-state index is 0.0700. The molecule has 19 heavy (non-hydrogen) atoms. The van der Waals surface area contributed by atoms with Crippen LogP contribution in [0.25, 0.3) is 0 Å². The highest BCUT2D eigenvalue weighted by molar-refractivity contribution is 7.56. The third-order valence-electron chi connectivity index (χ3n) is 1.85. The van der Waals surface area contributed by atoms with E-state index in [4.69, 9.17) is 5.11 Å². The van der Waals surface area contributed by atoms with Gasteiger partial charge in [0.2, 0.25) is 5.71 Å². The van der Waals surface area contributed by atoms with Crippen molar-refractivity contribution in [1.29, 1.82) is 0 Å². The summed E-state index contributed by atoms with van der Waals surface area (Å²) in [6.45, 7) is 0. The maximum atomic E-state index is 11.8. The number of nitrogens with one attached hydrogen (secondary N) is 1. The Bertz CT molecular complexity index is 522. The molecule has 9 nitrogen and oxygen atoms in total. The molecule has 1 aromatic rings. The van der Waals surface area contributed by atoms with Crippen LogP contribution in [-0.4, -0.2) is 43.1 Å². The molecule has 0 fully saturated rings. The number of carboxylic acid groups (broad SMARTS) is 1. The predicted molar refractivity (Wildman–Crippen MR) is 68.5 cm³/mol. The molecular formula is C8H12N3O6PS. The first-order valence-corrected chi connectivity index (χ1v) is 7.18. The van der Waals surface area contributed by atoms with Crippen molar-refractivity contribution in [1.82, 2.24) is 4.98 Å². The third kappa shape index (κ3) is 4.00. The van der Waals surface area contributed by atoms with Gasteiger partial charge in [-0.2, -0.15) is 0 Å². The lowest BCUT2D eigenvalue weighted by molar-refractivity contribution is -0.129. The van der Waals surface area contributed by atoms with Gasteiger partial charge in [0.25, 0.3) is 0 Å². The van der Waals surface area contributed by atoms with Crippen LogP contribution in [0.15, 0.2) is 10.5 Å². The molecule has 0 atom stereocenters. The first-order valence-electron chi connectivity index (χ1n) is 4.76. The molecule has 0 spiro atoms. The predicted octanol–water partition coefficient (Wildman–Crippen LogP) is 1.39. The van der Waals surface area contributed by atoms with Gasteiger partial charge in [0, 0.05) is 19.6 Å². The number of nitrogens with zero attached hydrogens (tertiary/aromatic N) is 2. The van der Waals surface area contributed by atoms with Crippen LogP contribution >= 0.6 is 19.1 Å². The molecule has 0 aliphatic heterocycles. The number of oxime groups is 1. The molecule has 1 heterocycles. The molecule has 2 N–H and O–H groups in total. The van der Waals surface area contributed by atoms with Crippen LogP contribution in [0, 0.1) is 0 Å². The molecule has 0 aliphatic rings. The molecule has 1 aromatic heterocycles. The van der Waals surface area contributed by atoms with Crippen LogP contribution in [0.5, 0.6) is 0 Å². The van der Waals surface area contributed by atoms with Gasteiger partial charge < -0.3 is 9.94 Å². The molecule has 0 bridgehead atoms. The summed E-state index contributed by atoms with van der Waals surface area (Å²) in [5, 5.41) is 16.3. The minimum atomic E-state index is -3.48. The molecule has 0 saturated heterocycles. The van der Waals surface area contributed by atoms with Crippen molar-refractivity contribution >= 4 is 35.9 Å². The average molecular weight is 309 g/mol. The largest absolute Gasteiger partial charge is 0.476 e. The maximum Gasteiger partial charge on any atom is 0.433 e. The van der Waals surface area contributed by atoms with E-state index in [9.17, 15) is 9.36 Å². The van der Waals surface area contributed by atoms with Crippen molar-refractivity contribution in [3.8, 4) is 0 Å². The number of carboxylic acids is 1. The van der Waals surface area contributed by atoms with Crippen LogP contribution in [0.3, 0.4) is 0 Å². The zero-order valence-corrected chi connectivity index (χ0v) is 12.0. The number of carbonyl (C=O) groups is 1. The second-order valence-electron chi connectivity index (χ2n) is 2.94. The SMILES string of the molecule is CON=C(C(=O)O)c1csc(NP(=O)(OC)OC)n1. The fourth-order valence-electron chi connectivity index (χ4n) is 1.00. The number of anilines is 1. The lowest BCUT2D eigenvalue weighted by Gasteiger charge is -2.12. The summed E-state index contributed by atoms with van der Waals surface area (Å²) in [6.07, 6.45) is 0. The Labute approximate surface area is 112 Å². The van der Waals surface area contributed by atoms with E-state index in [1.165, 1.54) is 26.7 Å². The van der Waals surface area contributed by atoms with Crippen molar-refractivity contribution in [3.05, 3.63) is 11.1 Å². The fourth-order valence-corrected chi connectivity index (χ4v) is 2.70. The summed E-state index contributed by atoms with van der Waals surface area (Å²) in [7, 11) is 0.159. The number of thiazole rings is 1. The molecule has 1 rings (SSSR count). The second-order valence-corrected chi connectivity index (χ2v) is 5.75. The zero-order valence-electron chi connectivity index (χ0n) is 10.3. The highest BCUT2D eigenvalue weighted by atomic mass is 32.1. The molecule has 0 radical (unpaired) electrons. The minimum Gasteiger partial charge on any atom is -0.476 e. The van der Waals surface area contributed by atoms with Gasteiger partial charge in [-0.3, -0.25) is 14.1 Å². The van der Waals surface area contributed by atoms with Crippen molar-refractivity contribution in [3.63, 3.8) is 0 Å². The molecule has 106 valence electrons. The summed E-state index contributed by atoms with van der Waals surface area (Å²) in [4.78, 5) is 19.3. The standard InChI is InChI=1S/C8H12N3O6PS/c1-15-10-6(7(12)13)5-4-19-8(9-5)11-18(14,16-2)17-3/h4H,1-3H3,(H,12,13)(H,9,11,14). The van der Waals surface area contributed by atoms with Crippen molar-refractivity contribution in [2.75, 3.05) is 26.4 Å². The zero-order chi connectivity index (χ0) is 14.5. The third-order valence-corrected chi connectivity index (χ3v) is 4.20. The van der Waals surface area contributed by atoms with Crippen molar-refractivity contribution in [2.24, 2.45) is 5.16 Å². The summed E-state index contributed by atoms with van der Waals surface area (Å²) in [5.74, 6) is -1.29. The number of aromatic nitrogens is 1. The molecule has 11 heteroatoms. The first-order chi connectivity index (χ1) is 8.95. The first kappa shape index (κ1) is 15.6. The average Bonchev–Trinajstić information content (AvgIpc) is 2.83. The van der Waals surface area contributed by atoms with Gasteiger partial charge in [-0.25, -0.2) is 14.3 Å². The number of aliphatic carboxylic acids is 1. The van der Waals surface area contributed by atoms with E-state index in [1.807, 2.05) is 0 Å². The normalized spacial score (nSPS) is 12.3. The summed E-state index contributed by atoms with van der Waals surface area (Å²) >= 11 is 1.02. The van der Waals surface area contributed by atoms with E-state index in [0.717, 1.165) is 11.3 Å². The Morgan fingerprint density at radius 2 is 2.11 bits per heavy atom. The van der Waals surface area contributed by atoms with Gasteiger partial charge in [0.1, 0.15) is 12.8 Å². The van der Waals surface area contributed by atoms with E-state index < -0.39 is 13.7 Å². The Kier molecular flexibility index (Phi) is 5.43. The lowest BCUT2D eigenvalue weighted by atomic mass is 10.3. The fraction of sp³-hybridized carbons (Fsp3) is 0.375. The highest BCUT2D eigenvalue weighted by Crippen LogP contribution is 2.46. The van der Waals surface area contributed by atoms with Crippen molar-refractivity contribution < 1.29 is 28.4 Å². The summed E-state index contributed by atoms with van der Waals surface area (Å²) in [6, 6.07) is 0. The Morgan fingerprint density at radius 3 is 2.58 bits per heavy atom. The molecule has 0 aliphatic carbocycles. The molecule has 0 unspecified atom stereocenters. The van der Waals surface area contributed by atoms with Crippen LogP contribution in [0.2, 0.25) is 0 Å². The summed E-state index contributed by atoms with van der Waals surface area (Å²) in [5.41, 5.74) is -0.294. The Hall–Kier alpha value is -1.48. The van der Waals surface area contributed by atoms with Crippen LogP contribution in [-0.2, 0) is 23.2 Å². The van der Waals surface area contributed by atoms with Gasteiger partial charge in [-0.1, -0.05) is 5.16 Å². The maximum absolute atomic E-state index is 11.8. The van der Waals surface area contributed by atoms with Gasteiger partial charge in [-0.05, 0) is 0 Å². The monoisotopic (exact) mass is 309 g/mol. The lowest BCUT2D eigenvalue weighted by Crippen LogP contribution is -2.15. The smallest absolute Gasteiger partial charge is 0.433 e. The van der Waals surface area contributed by atoms with Gasteiger partial charge >= 0.3 is 13.7 Å². The quantitative estimate of drug-likeness (QED) is 0.440. The van der Waals surface area contributed by atoms with E-state index in [1.54, 1.807) is 0 Å². The van der Waals surface area contributed by atoms with E-state index >= 15 is 0 Å². The van der Waals surface area contributed by atoms with Crippen molar-refractivity contribution in [2.45, 2.75) is 0 Å². The van der Waals surface area contributed by atoms with Gasteiger partial charge in [0.15, 0.2) is 5.13 Å². The number of hydrogen-bond acceptors (Lipinski definition) is 8. The molecular weight excluding hydrogens is 297 g/mol. The molecule has 0 amide bonds. The highest BCUT2D eigenvalue weighted by Gasteiger charge is 2.24. The second kappa shape index (κ2) is 6.62. The van der Waals surface area contributed by atoms with E-state index in [2.05, 4.69) is 29.1 Å². The molecule has 0 saturated carbocycles. The van der Waals surface area contributed by atoms with Gasteiger partial charge in [-0.15, -0.1) is 11.3 Å². The van der Waals surface area contributed by atoms with E-state index in [-0.39, 0.29) is 16.5 Å². The van der Waals surface area contributed by atoms with Gasteiger partial charge in [0.05, 0.1) is 0 Å². The number of hydrogen-bond donors (Lipinski definition) is 2. The van der Waals surface area contributed by atoms with Crippen LogP contribution in [0.1, 0.15) is 5.69 Å². The van der Waals surface area contributed by atoms with Crippen LogP contribution in [0.4, 0.5) is 5.13 Å². The summed E-state index contributed by atoms with van der Waals surface area (Å²) < 4.78 is 21.1. The van der Waals surface area contributed by atoms with E-state index in [0.29, 0.717) is 0 Å². The number of rotatable bonds is 7. The molecule has 0 aromatic carbocycles. The topological polar surface area (TPSA) is 119 Å². The Morgan fingerprint density at radius 1 is 1.47 bits per heavy atom. The van der Waals surface area contributed by atoms with Crippen LogP contribution < -0.4 is 5.09 Å². The Balaban J connectivity index is 2.97.